The van der Waals surface area contributed by atoms with Gasteiger partial charge in [0, 0.05) is 25.5 Å². The first kappa shape index (κ1) is 23.8. The van der Waals surface area contributed by atoms with E-state index in [1.807, 2.05) is 25.3 Å². The van der Waals surface area contributed by atoms with Crippen LogP contribution in [0.1, 0.15) is 56.5 Å². The molecule has 0 amide bonds. The minimum Gasteiger partial charge on any atom is -0.396 e. The minimum absolute atomic E-state index is 0.0889. The topological polar surface area (TPSA) is 89.6 Å². The van der Waals surface area contributed by atoms with E-state index in [1.165, 1.54) is 18.2 Å². The molecule has 4 aromatic rings. The maximum Gasteiger partial charge on any atom is 0.162 e. The van der Waals surface area contributed by atoms with Crippen LogP contribution < -0.4 is 0 Å². The zero-order valence-electron chi connectivity index (χ0n) is 21.0. The van der Waals surface area contributed by atoms with Gasteiger partial charge in [0.1, 0.15) is 11.6 Å². The molecule has 1 saturated carbocycles. The first-order chi connectivity index (χ1) is 17.8. The Bertz CT molecular complexity index is 1480. The lowest BCUT2D eigenvalue weighted by Gasteiger charge is -2.37. The smallest absolute Gasteiger partial charge is 0.162 e. The van der Waals surface area contributed by atoms with E-state index in [2.05, 4.69) is 34.1 Å². The molecular formula is C28H28F2N6O. The molecule has 2 bridgehead atoms. The fraction of sp³-hybridized carbons (Fsp3) is 0.393. The van der Waals surface area contributed by atoms with Crippen molar-refractivity contribution in [2.24, 2.45) is 11.3 Å². The molecule has 0 saturated heterocycles. The van der Waals surface area contributed by atoms with Gasteiger partial charge >= 0.3 is 0 Å². The van der Waals surface area contributed by atoms with E-state index < -0.39 is 17.0 Å². The van der Waals surface area contributed by atoms with Crippen molar-refractivity contribution in [2.45, 2.75) is 51.5 Å². The Morgan fingerprint density at radius 1 is 1.16 bits per heavy atom. The van der Waals surface area contributed by atoms with Crippen LogP contribution in [0.15, 0.2) is 48.9 Å². The Morgan fingerprint density at radius 3 is 2.70 bits per heavy atom. The Morgan fingerprint density at radius 2 is 1.95 bits per heavy atom. The van der Waals surface area contributed by atoms with Gasteiger partial charge in [0.05, 0.1) is 39.8 Å². The summed E-state index contributed by atoms with van der Waals surface area (Å²) in [5, 5.41) is 22.7. The van der Waals surface area contributed by atoms with Gasteiger partial charge in [-0.25, -0.2) is 18.7 Å². The third kappa shape index (κ3) is 3.43. The molecule has 3 atom stereocenters. The van der Waals surface area contributed by atoms with Gasteiger partial charge in [-0.05, 0) is 59.9 Å². The van der Waals surface area contributed by atoms with Crippen LogP contribution in [0.5, 0.6) is 0 Å². The summed E-state index contributed by atoms with van der Waals surface area (Å²) in [5.74, 6) is -0.485. The molecule has 3 aromatic heterocycles. The van der Waals surface area contributed by atoms with Crippen molar-refractivity contribution >= 4 is 0 Å². The number of hydrogen-bond acceptors (Lipinski definition) is 6. The van der Waals surface area contributed by atoms with Gasteiger partial charge in [0.15, 0.2) is 5.82 Å². The second-order valence-electron chi connectivity index (χ2n) is 10.9. The van der Waals surface area contributed by atoms with Gasteiger partial charge in [-0.3, -0.25) is 4.68 Å². The van der Waals surface area contributed by atoms with Gasteiger partial charge < -0.3 is 5.11 Å². The summed E-state index contributed by atoms with van der Waals surface area (Å²) < 4.78 is 30.8. The summed E-state index contributed by atoms with van der Waals surface area (Å²) in [6.45, 7) is 7.08. The molecule has 2 aliphatic rings. The van der Waals surface area contributed by atoms with E-state index in [9.17, 15) is 13.9 Å². The molecule has 6 rings (SSSR count). The van der Waals surface area contributed by atoms with Crippen LogP contribution in [0.4, 0.5) is 8.78 Å². The summed E-state index contributed by atoms with van der Waals surface area (Å²) >= 11 is 0. The lowest BCUT2D eigenvalue weighted by Crippen LogP contribution is -2.38. The van der Waals surface area contributed by atoms with Crippen LogP contribution in [0, 0.1) is 23.0 Å². The van der Waals surface area contributed by atoms with Crippen molar-refractivity contribution in [3.8, 4) is 22.6 Å². The largest absolute Gasteiger partial charge is 0.396 e. The van der Waals surface area contributed by atoms with Crippen LogP contribution >= 0.6 is 0 Å². The number of halogens is 2. The van der Waals surface area contributed by atoms with Gasteiger partial charge in [-0.2, -0.15) is 10.2 Å². The van der Waals surface area contributed by atoms with E-state index in [0.29, 0.717) is 12.4 Å². The first-order valence-electron chi connectivity index (χ1n) is 12.6. The van der Waals surface area contributed by atoms with Gasteiger partial charge in [-0.15, -0.1) is 5.10 Å². The molecule has 37 heavy (non-hydrogen) atoms. The maximum atomic E-state index is 14.5. The summed E-state index contributed by atoms with van der Waals surface area (Å²) in [6, 6.07) is 7.57. The molecule has 1 N–H and O–H groups in total. The minimum atomic E-state index is -0.652. The second-order valence-corrected chi connectivity index (χ2v) is 10.9. The predicted molar refractivity (Wildman–Crippen MR) is 133 cm³/mol. The van der Waals surface area contributed by atoms with Crippen molar-refractivity contribution in [1.82, 2.24) is 29.9 Å². The number of aliphatic hydroxyl groups is 1. The molecule has 2 aliphatic carbocycles. The highest BCUT2D eigenvalue weighted by molar-refractivity contribution is 5.64. The third-order valence-electron chi connectivity index (χ3n) is 8.40. The normalized spacial score (nSPS) is 22.3. The quantitative estimate of drug-likeness (QED) is 0.403. The van der Waals surface area contributed by atoms with Crippen molar-refractivity contribution < 1.29 is 13.9 Å². The SMILES string of the molecule is C[C@@H](CO)Cn1cc(-c2nccc([C@@]34CC[C@@H](c5cc(-c6c(F)cccc6F)nnc53)C4(C)C)n2)cn1. The molecule has 0 unspecified atom stereocenters. The molecule has 9 heteroatoms. The Labute approximate surface area is 213 Å². The van der Waals surface area contributed by atoms with Crippen molar-refractivity contribution in [3.05, 3.63) is 77.5 Å². The fourth-order valence-corrected chi connectivity index (χ4v) is 6.45. The number of fused-ring (bicyclic) bond motifs is 5. The fourth-order valence-electron chi connectivity index (χ4n) is 6.45. The average molecular weight is 503 g/mol. The third-order valence-corrected chi connectivity index (χ3v) is 8.40. The van der Waals surface area contributed by atoms with E-state index in [-0.39, 0.29) is 35.1 Å². The van der Waals surface area contributed by atoms with Gasteiger partial charge in [-0.1, -0.05) is 26.8 Å². The van der Waals surface area contributed by atoms with E-state index >= 15 is 0 Å². The van der Waals surface area contributed by atoms with Crippen LogP contribution in [0.2, 0.25) is 0 Å². The monoisotopic (exact) mass is 502 g/mol. The lowest BCUT2D eigenvalue weighted by molar-refractivity contribution is 0.219. The standard InChI is InChI=1S/C28H28F2N6O/c1-16(15-37)13-36-14-17(12-32-36)26-31-10-8-23(33-26)28-9-7-19(27(28,2)3)18-11-22(34-35-25(18)28)24-20(29)5-4-6-21(24)30/h4-6,8,10-12,14,16,19,37H,7,9,13,15H2,1-3H3/t16-,19+,28+/m1/s1. The Hall–Kier alpha value is -3.59. The molecule has 3 heterocycles. The molecule has 1 fully saturated rings. The highest BCUT2D eigenvalue weighted by atomic mass is 19.1. The number of nitrogens with zero attached hydrogens (tertiary/aromatic N) is 6. The number of aromatic nitrogens is 6. The zero-order chi connectivity index (χ0) is 25.9. The highest BCUT2D eigenvalue weighted by Gasteiger charge is 2.65. The van der Waals surface area contributed by atoms with Crippen molar-refractivity contribution in [3.63, 3.8) is 0 Å². The van der Waals surface area contributed by atoms with Gasteiger partial charge in [0.25, 0.3) is 0 Å². The van der Waals surface area contributed by atoms with Crippen molar-refractivity contribution in [2.75, 3.05) is 6.61 Å². The average Bonchev–Trinajstić information content (AvgIpc) is 3.51. The van der Waals surface area contributed by atoms with E-state index in [0.717, 1.165) is 35.4 Å². The number of rotatable bonds is 6. The number of benzene rings is 1. The maximum absolute atomic E-state index is 14.5. The summed E-state index contributed by atoms with van der Waals surface area (Å²) in [4.78, 5) is 9.53. The Balaban J connectivity index is 1.43. The summed E-state index contributed by atoms with van der Waals surface area (Å²) in [6.07, 6.45) is 7.16. The lowest BCUT2D eigenvalue weighted by atomic mass is 9.66. The predicted octanol–water partition coefficient (Wildman–Crippen LogP) is 4.91. The van der Waals surface area contributed by atoms with Crippen LogP contribution in [0.3, 0.4) is 0 Å². The van der Waals surface area contributed by atoms with E-state index in [4.69, 9.17) is 4.98 Å². The molecular weight excluding hydrogens is 474 g/mol. The second kappa shape index (κ2) is 8.48. The molecule has 0 radical (unpaired) electrons. The molecule has 190 valence electrons. The summed E-state index contributed by atoms with van der Waals surface area (Å²) in [7, 11) is 0. The molecule has 0 spiro atoms. The molecule has 1 aromatic carbocycles. The number of aliphatic hydroxyl groups excluding tert-OH is 1. The van der Waals surface area contributed by atoms with Gasteiger partial charge in [0.2, 0.25) is 0 Å². The Kier molecular flexibility index (Phi) is 5.45. The van der Waals surface area contributed by atoms with Crippen LogP contribution in [-0.2, 0) is 12.0 Å². The van der Waals surface area contributed by atoms with Crippen molar-refractivity contribution in [1.29, 1.82) is 0 Å². The zero-order valence-corrected chi connectivity index (χ0v) is 21.0. The first-order valence-corrected chi connectivity index (χ1v) is 12.6. The van der Waals surface area contributed by atoms with Crippen LogP contribution in [-0.4, -0.2) is 41.7 Å². The van der Waals surface area contributed by atoms with Crippen LogP contribution in [0.25, 0.3) is 22.6 Å². The van der Waals surface area contributed by atoms with E-state index in [1.54, 1.807) is 17.1 Å². The molecule has 7 nitrogen and oxygen atoms in total. The highest BCUT2D eigenvalue weighted by Crippen LogP contribution is 2.69. The number of hydrogen-bond donors (Lipinski definition) is 1. The summed E-state index contributed by atoms with van der Waals surface area (Å²) in [5.41, 5.74) is 2.80. The molecule has 0 aliphatic heterocycles.